The third kappa shape index (κ3) is 2.64. The monoisotopic (exact) mass is 266 g/mol. The molecule has 4 heteroatoms. The van der Waals surface area contributed by atoms with Crippen molar-refractivity contribution < 1.29 is 13.2 Å². The van der Waals surface area contributed by atoms with Gasteiger partial charge in [-0.3, -0.25) is 0 Å². The summed E-state index contributed by atoms with van der Waals surface area (Å²) in [6, 6.07) is 6.95. The number of hydrogen-bond donors (Lipinski definition) is 0. The van der Waals surface area contributed by atoms with Crippen molar-refractivity contribution in [3.63, 3.8) is 0 Å². The van der Waals surface area contributed by atoms with Crippen LogP contribution in [0.1, 0.15) is 31.2 Å². The van der Waals surface area contributed by atoms with Gasteiger partial charge in [-0.25, -0.2) is 8.42 Å². The fraction of sp³-hybridized carbons (Fsp3) is 0.500. The Hall–Kier alpha value is -1.16. The molecular weight excluding hydrogens is 248 g/mol. The van der Waals surface area contributed by atoms with Crippen LogP contribution in [0.25, 0.3) is 0 Å². The average molecular weight is 266 g/mol. The lowest BCUT2D eigenvalue weighted by Crippen LogP contribution is -2.28. The van der Waals surface area contributed by atoms with E-state index in [9.17, 15) is 13.2 Å². The molecule has 0 heterocycles. The quantitative estimate of drug-likeness (QED) is 0.790. The van der Waals surface area contributed by atoms with Gasteiger partial charge in [0.1, 0.15) is 6.29 Å². The molecule has 0 saturated heterocycles. The lowest BCUT2D eigenvalue weighted by Gasteiger charge is -2.25. The number of aldehydes is 1. The Labute approximate surface area is 108 Å². The second-order valence-corrected chi connectivity index (χ2v) is 7.27. The summed E-state index contributed by atoms with van der Waals surface area (Å²) in [5, 5.41) is -0.399. The van der Waals surface area contributed by atoms with E-state index in [4.69, 9.17) is 0 Å². The molecule has 1 aromatic carbocycles. The maximum Gasteiger partial charge on any atom is 0.181 e. The Bertz CT molecular complexity index is 516. The molecule has 1 aliphatic carbocycles. The molecule has 18 heavy (non-hydrogen) atoms. The summed E-state index contributed by atoms with van der Waals surface area (Å²) in [5.41, 5.74) is 1.04. The number of carbonyl (C=O) groups excluding carboxylic acids is 1. The number of sulfone groups is 1. The van der Waals surface area contributed by atoms with Gasteiger partial charge in [0, 0.05) is 5.92 Å². The molecule has 3 nitrogen and oxygen atoms in total. The fourth-order valence-electron chi connectivity index (χ4n) is 2.51. The lowest BCUT2D eigenvalue weighted by atomic mass is 9.90. The van der Waals surface area contributed by atoms with Gasteiger partial charge in [-0.2, -0.15) is 0 Å². The normalized spacial score (nSPS) is 24.7. The number of aryl methyl sites for hydroxylation is 1. The SMILES string of the molecule is Cc1ccc(S(=O)(=O)C2CCCC(C=O)C2)cc1. The predicted octanol–water partition coefficient (Wildman–Crippen LogP) is 2.53. The Balaban J connectivity index is 2.25. The Morgan fingerprint density at radius 3 is 2.44 bits per heavy atom. The first-order chi connectivity index (χ1) is 8.54. The van der Waals surface area contributed by atoms with Crippen LogP contribution >= 0.6 is 0 Å². The zero-order valence-electron chi connectivity index (χ0n) is 10.5. The zero-order chi connectivity index (χ0) is 13.2. The molecule has 2 atom stereocenters. The largest absolute Gasteiger partial charge is 0.303 e. The average Bonchev–Trinajstić information content (AvgIpc) is 2.39. The van der Waals surface area contributed by atoms with Crippen LogP contribution in [-0.4, -0.2) is 20.0 Å². The van der Waals surface area contributed by atoms with Gasteiger partial charge >= 0.3 is 0 Å². The van der Waals surface area contributed by atoms with Gasteiger partial charge in [-0.15, -0.1) is 0 Å². The van der Waals surface area contributed by atoms with Crippen molar-refractivity contribution in [1.29, 1.82) is 0 Å². The van der Waals surface area contributed by atoms with E-state index in [2.05, 4.69) is 0 Å². The van der Waals surface area contributed by atoms with E-state index in [0.29, 0.717) is 17.7 Å². The maximum absolute atomic E-state index is 12.4. The van der Waals surface area contributed by atoms with Crippen LogP contribution in [-0.2, 0) is 14.6 Å². The first kappa shape index (κ1) is 13.3. The molecule has 98 valence electrons. The molecule has 0 spiro atoms. The van der Waals surface area contributed by atoms with Crippen LogP contribution in [0.15, 0.2) is 29.2 Å². The van der Waals surface area contributed by atoms with Crippen LogP contribution in [0.3, 0.4) is 0 Å². The molecule has 0 radical (unpaired) electrons. The third-order valence-electron chi connectivity index (χ3n) is 3.65. The van der Waals surface area contributed by atoms with Crippen LogP contribution in [0.5, 0.6) is 0 Å². The number of rotatable bonds is 3. The molecule has 1 aliphatic rings. The van der Waals surface area contributed by atoms with Crippen LogP contribution in [0.2, 0.25) is 0 Å². The molecule has 1 saturated carbocycles. The van der Waals surface area contributed by atoms with E-state index < -0.39 is 15.1 Å². The smallest absolute Gasteiger partial charge is 0.181 e. The third-order valence-corrected chi connectivity index (χ3v) is 5.88. The van der Waals surface area contributed by atoms with Crippen molar-refractivity contribution in [2.24, 2.45) is 5.92 Å². The minimum Gasteiger partial charge on any atom is -0.303 e. The molecule has 1 fully saturated rings. The van der Waals surface area contributed by atoms with Gasteiger partial charge in [-0.05, 0) is 38.3 Å². The standard InChI is InChI=1S/C14H18O3S/c1-11-5-7-13(8-6-11)18(16,17)14-4-2-3-12(9-14)10-15/h5-8,10,12,14H,2-4,9H2,1H3. The van der Waals surface area contributed by atoms with E-state index >= 15 is 0 Å². The van der Waals surface area contributed by atoms with Crippen molar-refractivity contribution in [2.75, 3.05) is 0 Å². The van der Waals surface area contributed by atoms with Gasteiger partial charge < -0.3 is 4.79 Å². The Kier molecular flexibility index (Phi) is 3.85. The van der Waals surface area contributed by atoms with Gasteiger partial charge in [0.2, 0.25) is 0 Å². The van der Waals surface area contributed by atoms with Gasteiger partial charge in [0.15, 0.2) is 9.84 Å². The minimum absolute atomic E-state index is 0.0935. The maximum atomic E-state index is 12.4. The van der Waals surface area contributed by atoms with Crippen molar-refractivity contribution in [3.05, 3.63) is 29.8 Å². The molecule has 2 rings (SSSR count). The van der Waals surface area contributed by atoms with E-state index in [1.54, 1.807) is 12.1 Å². The molecule has 0 amide bonds. The molecular formula is C14H18O3S. The summed E-state index contributed by atoms with van der Waals surface area (Å²) in [6.07, 6.45) is 3.68. The van der Waals surface area contributed by atoms with E-state index in [1.807, 2.05) is 19.1 Å². The fourth-order valence-corrected chi connectivity index (χ4v) is 4.38. The topological polar surface area (TPSA) is 51.2 Å². The van der Waals surface area contributed by atoms with Crippen molar-refractivity contribution in [1.82, 2.24) is 0 Å². The van der Waals surface area contributed by atoms with E-state index in [-0.39, 0.29) is 5.92 Å². The highest BCUT2D eigenvalue weighted by atomic mass is 32.2. The molecule has 1 aromatic rings. The summed E-state index contributed by atoms with van der Waals surface area (Å²) < 4.78 is 24.9. The van der Waals surface area contributed by atoms with Crippen molar-refractivity contribution in [3.8, 4) is 0 Å². The summed E-state index contributed by atoms with van der Waals surface area (Å²) >= 11 is 0. The predicted molar refractivity (Wildman–Crippen MR) is 70.2 cm³/mol. The highest BCUT2D eigenvalue weighted by Crippen LogP contribution is 2.31. The second-order valence-electron chi connectivity index (χ2n) is 5.04. The van der Waals surface area contributed by atoms with Crippen molar-refractivity contribution >= 4 is 16.1 Å². The van der Waals surface area contributed by atoms with Crippen LogP contribution in [0, 0.1) is 12.8 Å². The lowest BCUT2D eigenvalue weighted by molar-refractivity contribution is -0.111. The summed E-state index contributed by atoms with van der Waals surface area (Å²) in [7, 11) is -3.28. The summed E-state index contributed by atoms with van der Waals surface area (Å²) in [4.78, 5) is 11.2. The van der Waals surface area contributed by atoms with Gasteiger partial charge in [-0.1, -0.05) is 24.1 Å². The first-order valence-corrected chi connectivity index (χ1v) is 7.84. The Morgan fingerprint density at radius 2 is 1.83 bits per heavy atom. The minimum atomic E-state index is -3.28. The molecule has 0 N–H and O–H groups in total. The van der Waals surface area contributed by atoms with E-state index in [0.717, 1.165) is 24.7 Å². The van der Waals surface area contributed by atoms with Gasteiger partial charge in [0.25, 0.3) is 0 Å². The summed E-state index contributed by atoms with van der Waals surface area (Å²) in [6.45, 7) is 1.93. The van der Waals surface area contributed by atoms with Crippen LogP contribution < -0.4 is 0 Å². The molecule has 0 bridgehead atoms. The van der Waals surface area contributed by atoms with Gasteiger partial charge in [0.05, 0.1) is 10.1 Å². The van der Waals surface area contributed by atoms with E-state index in [1.165, 1.54) is 0 Å². The highest BCUT2D eigenvalue weighted by molar-refractivity contribution is 7.92. The number of carbonyl (C=O) groups is 1. The van der Waals surface area contributed by atoms with Crippen molar-refractivity contribution in [2.45, 2.75) is 42.8 Å². The first-order valence-electron chi connectivity index (χ1n) is 6.30. The Morgan fingerprint density at radius 1 is 1.17 bits per heavy atom. The molecule has 2 unspecified atom stereocenters. The highest BCUT2D eigenvalue weighted by Gasteiger charge is 2.32. The number of benzene rings is 1. The zero-order valence-corrected chi connectivity index (χ0v) is 11.3. The molecule has 0 aliphatic heterocycles. The number of hydrogen-bond acceptors (Lipinski definition) is 3. The molecule has 0 aromatic heterocycles. The second kappa shape index (κ2) is 5.22. The summed E-state index contributed by atoms with van der Waals surface area (Å²) in [5.74, 6) is -0.0935. The van der Waals surface area contributed by atoms with Crippen LogP contribution in [0.4, 0.5) is 0 Å².